The van der Waals surface area contributed by atoms with E-state index in [1.54, 1.807) is 12.1 Å². The molecule has 0 atom stereocenters. The molecule has 0 unspecified atom stereocenters. The lowest BCUT2D eigenvalue weighted by atomic mass is 9.85. The summed E-state index contributed by atoms with van der Waals surface area (Å²) < 4.78 is 0. The van der Waals surface area contributed by atoms with Crippen LogP contribution in [0.3, 0.4) is 0 Å². The minimum atomic E-state index is 0.164. The van der Waals surface area contributed by atoms with Crippen LogP contribution < -0.4 is 0 Å². The SMILES string of the molecule is OCCCC(=C(c1ccc(O)cc1)c1ccc(C2CN(C3CC3)C2)cc1)c1ccccc1. The summed E-state index contributed by atoms with van der Waals surface area (Å²) in [7, 11) is 0. The number of nitrogens with zero attached hydrogens (tertiary/aromatic N) is 1. The van der Waals surface area contributed by atoms with Gasteiger partial charge in [0.25, 0.3) is 0 Å². The van der Waals surface area contributed by atoms with Crippen LogP contribution in [0.5, 0.6) is 5.75 Å². The number of rotatable bonds is 8. The topological polar surface area (TPSA) is 43.7 Å². The number of likely N-dealkylation sites (tertiary alicyclic amines) is 1. The number of hydrogen-bond donors (Lipinski definition) is 2. The monoisotopic (exact) mass is 425 g/mol. The number of phenolic OH excluding ortho intramolecular Hbond substituents is 1. The quantitative estimate of drug-likeness (QED) is 0.456. The molecular weight excluding hydrogens is 394 g/mol. The molecule has 1 aliphatic carbocycles. The van der Waals surface area contributed by atoms with E-state index >= 15 is 0 Å². The van der Waals surface area contributed by atoms with Gasteiger partial charge in [-0.25, -0.2) is 0 Å². The summed E-state index contributed by atoms with van der Waals surface area (Å²) in [4.78, 5) is 2.61. The molecule has 0 spiro atoms. The van der Waals surface area contributed by atoms with Gasteiger partial charge in [-0.15, -0.1) is 0 Å². The van der Waals surface area contributed by atoms with Crippen LogP contribution in [0.15, 0.2) is 78.9 Å². The summed E-state index contributed by atoms with van der Waals surface area (Å²) in [6, 6.07) is 27.8. The molecule has 32 heavy (non-hydrogen) atoms. The average molecular weight is 426 g/mol. The summed E-state index contributed by atoms with van der Waals surface area (Å²) >= 11 is 0. The van der Waals surface area contributed by atoms with Crippen LogP contribution in [0.1, 0.15) is 53.9 Å². The van der Waals surface area contributed by atoms with E-state index in [1.165, 1.54) is 53.8 Å². The zero-order valence-corrected chi connectivity index (χ0v) is 18.5. The molecule has 164 valence electrons. The van der Waals surface area contributed by atoms with Crippen LogP contribution in [0.2, 0.25) is 0 Å². The summed E-state index contributed by atoms with van der Waals surface area (Å²) in [5.74, 6) is 0.916. The number of aliphatic hydroxyl groups excluding tert-OH is 1. The van der Waals surface area contributed by atoms with Crippen molar-refractivity contribution in [2.24, 2.45) is 0 Å². The third kappa shape index (κ3) is 4.50. The molecular formula is C29H31NO2. The molecule has 3 aromatic rings. The fourth-order valence-electron chi connectivity index (χ4n) is 4.84. The molecule has 2 fully saturated rings. The number of hydrogen-bond acceptors (Lipinski definition) is 3. The van der Waals surface area contributed by atoms with Gasteiger partial charge in [-0.1, -0.05) is 66.7 Å². The lowest BCUT2D eigenvalue weighted by molar-refractivity contribution is 0.139. The summed E-state index contributed by atoms with van der Waals surface area (Å²) in [6.45, 7) is 2.55. The predicted molar refractivity (Wildman–Crippen MR) is 131 cm³/mol. The molecule has 0 amide bonds. The number of aromatic hydroxyl groups is 1. The molecule has 3 nitrogen and oxygen atoms in total. The van der Waals surface area contributed by atoms with Gasteiger partial charge in [0.1, 0.15) is 5.75 Å². The second kappa shape index (κ2) is 9.32. The van der Waals surface area contributed by atoms with Gasteiger partial charge < -0.3 is 10.2 Å². The van der Waals surface area contributed by atoms with Gasteiger partial charge in [0, 0.05) is 31.7 Å². The Hall–Kier alpha value is -2.88. The second-order valence-corrected chi connectivity index (χ2v) is 9.10. The standard InChI is InChI=1S/C29H31NO2/c31-18-4-7-28(22-5-2-1-3-6-22)29(24-12-16-27(32)17-13-24)23-10-8-21(9-11-23)25-19-30(20-25)26-14-15-26/h1-3,5-6,8-13,16-17,25-26,31-32H,4,7,14-15,18-20H2. The minimum absolute atomic E-state index is 0.164. The van der Waals surface area contributed by atoms with Crippen LogP contribution in [-0.4, -0.2) is 40.9 Å². The first-order chi connectivity index (χ1) is 15.7. The van der Waals surface area contributed by atoms with Crippen molar-refractivity contribution in [2.75, 3.05) is 19.7 Å². The van der Waals surface area contributed by atoms with Crippen molar-refractivity contribution < 1.29 is 10.2 Å². The Morgan fingerprint density at radius 1 is 0.781 bits per heavy atom. The zero-order valence-electron chi connectivity index (χ0n) is 18.5. The number of aliphatic hydroxyl groups is 1. The Kier molecular flexibility index (Phi) is 6.11. The molecule has 0 aromatic heterocycles. The highest BCUT2D eigenvalue weighted by Gasteiger charge is 2.38. The van der Waals surface area contributed by atoms with Crippen LogP contribution in [0.4, 0.5) is 0 Å². The van der Waals surface area contributed by atoms with E-state index in [-0.39, 0.29) is 12.4 Å². The Morgan fingerprint density at radius 2 is 1.41 bits per heavy atom. The molecule has 3 heteroatoms. The lowest BCUT2D eigenvalue weighted by Gasteiger charge is -2.40. The summed E-state index contributed by atoms with van der Waals surface area (Å²) in [6.07, 6.45) is 4.26. The van der Waals surface area contributed by atoms with Gasteiger partial charge in [-0.05, 0) is 71.2 Å². The van der Waals surface area contributed by atoms with Gasteiger partial charge >= 0.3 is 0 Å². The fourth-order valence-corrected chi connectivity index (χ4v) is 4.84. The molecule has 3 aromatic carbocycles. The van der Waals surface area contributed by atoms with E-state index in [9.17, 15) is 10.2 Å². The summed E-state index contributed by atoms with van der Waals surface area (Å²) in [5.41, 5.74) is 7.25. The molecule has 1 aliphatic heterocycles. The van der Waals surface area contributed by atoms with Gasteiger partial charge in [-0.3, -0.25) is 4.90 Å². The first-order valence-electron chi connectivity index (χ1n) is 11.8. The first-order valence-corrected chi connectivity index (χ1v) is 11.8. The maximum Gasteiger partial charge on any atom is 0.115 e. The van der Waals surface area contributed by atoms with E-state index in [1.807, 2.05) is 18.2 Å². The Balaban J connectivity index is 1.53. The van der Waals surface area contributed by atoms with Crippen LogP contribution in [0, 0.1) is 0 Å². The second-order valence-electron chi connectivity index (χ2n) is 9.10. The Bertz CT molecular complexity index is 1060. The highest BCUT2D eigenvalue weighted by atomic mass is 16.3. The maximum absolute atomic E-state index is 9.85. The van der Waals surface area contributed by atoms with Gasteiger partial charge in [-0.2, -0.15) is 0 Å². The van der Waals surface area contributed by atoms with Gasteiger partial charge in [0.15, 0.2) is 0 Å². The van der Waals surface area contributed by atoms with Crippen molar-refractivity contribution in [3.8, 4) is 5.75 Å². The molecule has 1 saturated heterocycles. The fraction of sp³-hybridized carbons (Fsp3) is 0.310. The molecule has 2 aliphatic rings. The van der Waals surface area contributed by atoms with Crippen molar-refractivity contribution >= 4 is 11.1 Å². The number of allylic oxidation sites excluding steroid dienone is 1. The van der Waals surface area contributed by atoms with E-state index < -0.39 is 0 Å². The zero-order chi connectivity index (χ0) is 21.9. The van der Waals surface area contributed by atoms with Gasteiger partial charge in [0.05, 0.1) is 0 Å². The van der Waals surface area contributed by atoms with Crippen LogP contribution >= 0.6 is 0 Å². The maximum atomic E-state index is 9.85. The van der Waals surface area contributed by atoms with Crippen molar-refractivity contribution in [2.45, 2.75) is 37.6 Å². The normalized spacial score (nSPS) is 17.7. The van der Waals surface area contributed by atoms with Crippen molar-refractivity contribution in [1.82, 2.24) is 4.90 Å². The number of phenols is 1. The first kappa shape index (κ1) is 21.0. The Morgan fingerprint density at radius 3 is 2.00 bits per heavy atom. The molecule has 2 N–H and O–H groups in total. The average Bonchev–Trinajstić information content (AvgIpc) is 3.63. The molecule has 0 radical (unpaired) electrons. The van der Waals surface area contributed by atoms with Crippen LogP contribution in [0.25, 0.3) is 11.1 Å². The van der Waals surface area contributed by atoms with Crippen molar-refractivity contribution in [3.63, 3.8) is 0 Å². The van der Waals surface area contributed by atoms with Crippen molar-refractivity contribution in [3.05, 3.63) is 101 Å². The van der Waals surface area contributed by atoms with Gasteiger partial charge in [0.2, 0.25) is 0 Å². The van der Waals surface area contributed by atoms with E-state index in [0.717, 1.165) is 18.0 Å². The summed E-state index contributed by atoms with van der Waals surface area (Å²) in [5, 5.41) is 19.4. The van der Waals surface area contributed by atoms with E-state index in [0.29, 0.717) is 12.3 Å². The largest absolute Gasteiger partial charge is 0.508 e. The Labute approximate surface area is 190 Å². The van der Waals surface area contributed by atoms with Crippen molar-refractivity contribution in [1.29, 1.82) is 0 Å². The molecule has 0 bridgehead atoms. The molecule has 5 rings (SSSR count). The predicted octanol–water partition coefficient (Wildman–Crippen LogP) is 5.69. The highest BCUT2D eigenvalue weighted by Crippen LogP contribution is 2.39. The molecule has 1 heterocycles. The minimum Gasteiger partial charge on any atom is -0.508 e. The third-order valence-electron chi connectivity index (χ3n) is 6.81. The third-order valence-corrected chi connectivity index (χ3v) is 6.81. The smallest absolute Gasteiger partial charge is 0.115 e. The number of benzene rings is 3. The molecule has 1 saturated carbocycles. The van der Waals surface area contributed by atoms with E-state index in [4.69, 9.17) is 0 Å². The highest BCUT2D eigenvalue weighted by molar-refractivity contribution is 5.98. The van der Waals surface area contributed by atoms with E-state index in [2.05, 4.69) is 53.4 Å². The van der Waals surface area contributed by atoms with Crippen LogP contribution in [-0.2, 0) is 0 Å². The lowest BCUT2D eigenvalue weighted by Crippen LogP contribution is -2.46.